The van der Waals surface area contributed by atoms with Crippen LogP contribution in [-0.4, -0.2) is 49.1 Å². The van der Waals surface area contributed by atoms with Gasteiger partial charge in [-0.2, -0.15) is 4.31 Å². The molecule has 126 valence electrons. The van der Waals surface area contributed by atoms with Gasteiger partial charge in [0.15, 0.2) is 0 Å². The summed E-state index contributed by atoms with van der Waals surface area (Å²) in [6.45, 7) is 4.25. The summed E-state index contributed by atoms with van der Waals surface area (Å²) in [4.78, 5) is 2.10. The molecule has 0 radical (unpaired) electrons. The normalized spacial score (nSPS) is 16.9. The first-order valence-corrected chi connectivity index (χ1v) is 10.8. The van der Waals surface area contributed by atoms with Gasteiger partial charge in [0.1, 0.15) is 9.22 Å². The van der Waals surface area contributed by atoms with E-state index in [-0.39, 0.29) is 0 Å². The van der Waals surface area contributed by atoms with E-state index in [2.05, 4.69) is 22.0 Å². The van der Waals surface area contributed by atoms with Crippen LogP contribution in [0, 0.1) is 0 Å². The summed E-state index contributed by atoms with van der Waals surface area (Å²) in [5.74, 6) is 0. The lowest BCUT2D eigenvalue weighted by molar-refractivity contribution is 0.385. The zero-order valence-corrected chi connectivity index (χ0v) is 15.8. The first-order chi connectivity index (χ1) is 11.0. The van der Waals surface area contributed by atoms with Crippen LogP contribution in [0.25, 0.3) is 0 Å². The summed E-state index contributed by atoms with van der Waals surface area (Å²) in [5, 5.41) is 10.3. The van der Waals surface area contributed by atoms with E-state index in [1.807, 2.05) is 0 Å². The Kier molecular flexibility index (Phi) is 5.22. The van der Waals surface area contributed by atoms with Crippen LogP contribution in [0.15, 0.2) is 16.3 Å². The molecular formula is C13H17ClN4O2S3. The second-order valence-corrected chi connectivity index (χ2v) is 10.1. The molecule has 1 saturated heterocycles. The van der Waals surface area contributed by atoms with Gasteiger partial charge in [0, 0.05) is 32.6 Å². The molecule has 2 aromatic rings. The molecule has 1 aliphatic rings. The number of anilines is 1. The molecule has 23 heavy (non-hydrogen) atoms. The summed E-state index contributed by atoms with van der Waals surface area (Å²) in [5.41, 5.74) is 0. The second kappa shape index (κ2) is 7.02. The summed E-state index contributed by atoms with van der Waals surface area (Å²) < 4.78 is 27.4. The molecule has 0 amide bonds. The van der Waals surface area contributed by atoms with Crippen LogP contribution in [0.1, 0.15) is 18.4 Å². The molecule has 3 heterocycles. The van der Waals surface area contributed by atoms with Gasteiger partial charge in [-0.25, -0.2) is 8.42 Å². The van der Waals surface area contributed by atoms with Crippen molar-refractivity contribution in [1.82, 2.24) is 14.5 Å². The molecule has 0 unspecified atom stereocenters. The Morgan fingerprint density at radius 2 is 1.91 bits per heavy atom. The Bertz CT molecular complexity index is 766. The molecule has 0 N–H and O–H groups in total. The lowest BCUT2D eigenvalue weighted by Gasteiger charge is -2.33. The van der Waals surface area contributed by atoms with Crippen LogP contribution in [-0.2, 0) is 16.4 Å². The number of nitrogens with zero attached hydrogens (tertiary/aromatic N) is 4. The summed E-state index contributed by atoms with van der Waals surface area (Å²) in [6.07, 6.45) is 1.98. The van der Waals surface area contributed by atoms with Crippen LogP contribution in [0.4, 0.5) is 5.13 Å². The maximum atomic E-state index is 12.6. The molecule has 0 aliphatic carbocycles. The monoisotopic (exact) mass is 392 g/mol. The molecule has 0 atom stereocenters. The number of halogens is 1. The summed E-state index contributed by atoms with van der Waals surface area (Å²) in [7, 11) is -3.44. The number of hydrogen-bond acceptors (Lipinski definition) is 7. The number of piperazine rings is 1. The van der Waals surface area contributed by atoms with Gasteiger partial charge in [0.05, 0.1) is 4.34 Å². The van der Waals surface area contributed by atoms with E-state index >= 15 is 0 Å². The van der Waals surface area contributed by atoms with E-state index in [1.165, 1.54) is 4.31 Å². The van der Waals surface area contributed by atoms with E-state index in [9.17, 15) is 8.42 Å². The minimum Gasteiger partial charge on any atom is -0.344 e. The molecule has 0 aromatic carbocycles. The van der Waals surface area contributed by atoms with Crippen molar-refractivity contribution >= 4 is 49.4 Å². The minimum absolute atomic E-state index is 0.303. The van der Waals surface area contributed by atoms with Gasteiger partial charge >= 0.3 is 0 Å². The fourth-order valence-electron chi connectivity index (χ4n) is 2.37. The molecule has 1 aliphatic heterocycles. The Morgan fingerprint density at radius 3 is 2.52 bits per heavy atom. The quantitative estimate of drug-likeness (QED) is 0.782. The molecular weight excluding hydrogens is 376 g/mol. The van der Waals surface area contributed by atoms with Crippen LogP contribution >= 0.6 is 34.3 Å². The van der Waals surface area contributed by atoms with Crippen molar-refractivity contribution < 1.29 is 8.42 Å². The third-order valence-corrected chi connectivity index (χ3v) is 8.21. The molecule has 0 spiro atoms. The van der Waals surface area contributed by atoms with Crippen LogP contribution < -0.4 is 4.90 Å². The van der Waals surface area contributed by atoms with E-state index in [1.54, 1.807) is 23.5 Å². The number of hydrogen-bond donors (Lipinski definition) is 0. The summed E-state index contributed by atoms with van der Waals surface area (Å²) >= 11 is 8.54. The SMILES string of the molecule is CCCc1nnc(N2CCN(S(=O)(=O)c3ccc(Cl)s3)CC2)s1. The average molecular weight is 393 g/mol. The van der Waals surface area contributed by atoms with Crippen LogP contribution in [0.2, 0.25) is 4.34 Å². The number of thiophene rings is 1. The minimum atomic E-state index is -3.44. The molecule has 3 rings (SSSR count). The predicted molar refractivity (Wildman–Crippen MR) is 94.2 cm³/mol. The summed E-state index contributed by atoms with van der Waals surface area (Å²) in [6, 6.07) is 3.18. The molecule has 2 aromatic heterocycles. The van der Waals surface area contributed by atoms with Crippen LogP contribution in [0.3, 0.4) is 0 Å². The van der Waals surface area contributed by atoms with Crippen molar-refractivity contribution in [3.63, 3.8) is 0 Å². The molecule has 0 bridgehead atoms. The second-order valence-electron chi connectivity index (χ2n) is 5.18. The Hall–Kier alpha value is -0.740. The highest BCUT2D eigenvalue weighted by Crippen LogP contribution is 2.29. The third kappa shape index (κ3) is 3.69. The van der Waals surface area contributed by atoms with Crippen molar-refractivity contribution in [1.29, 1.82) is 0 Å². The Balaban J connectivity index is 1.66. The zero-order valence-electron chi connectivity index (χ0n) is 12.6. The molecule has 1 fully saturated rings. The topological polar surface area (TPSA) is 66.4 Å². The van der Waals surface area contributed by atoms with E-state index in [4.69, 9.17) is 11.6 Å². The standard InChI is InChI=1S/C13H17ClN4O2S3/c1-2-3-11-15-16-13(22-11)17-6-8-18(9-7-17)23(19,20)12-5-4-10(14)21-12/h4-5H,2-3,6-9H2,1H3. The van der Waals surface area contributed by atoms with Gasteiger partial charge in [-0.15, -0.1) is 21.5 Å². The highest BCUT2D eigenvalue weighted by molar-refractivity contribution is 7.91. The van der Waals surface area contributed by atoms with Gasteiger partial charge in [-0.3, -0.25) is 0 Å². The number of aryl methyl sites for hydroxylation is 1. The Morgan fingerprint density at radius 1 is 1.17 bits per heavy atom. The highest BCUT2D eigenvalue weighted by atomic mass is 35.5. The highest BCUT2D eigenvalue weighted by Gasteiger charge is 2.30. The largest absolute Gasteiger partial charge is 0.344 e. The number of sulfonamides is 1. The van der Waals surface area contributed by atoms with Gasteiger partial charge in [0.25, 0.3) is 10.0 Å². The van der Waals surface area contributed by atoms with Crippen molar-refractivity contribution in [2.75, 3.05) is 31.1 Å². The fourth-order valence-corrected chi connectivity index (χ4v) is 6.42. The van der Waals surface area contributed by atoms with E-state index in [0.717, 1.165) is 34.3 Å². The fraction of sp³-hybridized carbons (Fsp3) is 0.538. The maximum absolute atomic E-state index is 12.6. The van der Waals surface area contributed by atoms with Gasteiger partial charge < -0.3 is 4.90 Å². The van der Waals surface area contributed by atoms with Crippen molar-refractivity contribution in [3.8, 4) is 0 Å². The zero-order chi connectivity index (χ0) is 16.4. The van der Waals surface area contributed by atoms with Gasteiger partial charge in [0.2, 0.25) is 5.13 Å². The van der Waals surface area contributed by atoms with Crippen molar-refractivity contribution in [3.05, 3.63) is 21.5 Å². The average Bonchev–Trinajstić information content (AvgIpc) is 3.17. The lowest BCUT2D eigenvalue weighted by Crippen LogP contribution is -2.48. The molecule has 6 nitrogen and oxygen atoms in total. The number of rotatable bonds is 5. The lowest BCUT2D eigenvalue weighted by atomic mass is 10.4. The number of aromatic nitrogens is 2. The van der Waals surface area contributed by atoms with E-state index in [0.29, 0.717) is 34.7 Å². The predicted octanol–water partition coefficient (Wildman–Crippen LogP) is 2.72. The van der Waals surface area contributed by atoms with E-state index < -0.39 is 10.0 Å². The first kappa shape index (κ1) is 17.1. The smallest absolute Gasteiger partial charge is 0.252 e. The molecule has 10 heteroatoms. The van der Waals surface area contributed by atoms with Gasteiger partial charge in [-0.05, 0) is 18.6 Å². The third-order valence-electron chi connectivity index (χ3n) is 3.57. The first-order valence-electron chi connectivity index (χ1n) is 7.33. The Labute approximate surface area is 148 Å². The van der Waals surface area contributed by atoms with Crippen molar-refractivity contribution in [2.24, 2.45) is 0 Å². The van der Waals surface area contributed by atoms with Gasteiger partial charge in [-0.1, -0.05) is 29.9 Å². The van der Waals surface area contributed by atoms with Crippen molar-refractivity contribution in [2.45, 2.75) is 24.0 Å². The van der Waals surface area contributed by atoms with Crippen LogP contribution in [0.5, 0.6) is 0 Å². The maximum Gasteiger partial charge on any atom is 0.252 e. The molecule has 0 saturated carbocycles.